The van der Waals surface area contributed by atoms with Crippen molar-refractivity contribution in [1.82, 2.24) is 10.2 Å². The Morgan fingerprint density at radius 2 is 2.16 bits per heavy atom. The Morgan fingerprint density at radius 3 is 2.74 bits per heavy atom. The highest BCUT2D eigenvalue weighted by Crippen LogP contribution is 2.13. The number of aryl methyl sites for hydroxylation is 2. The summed E-state index contributed by atoms with van der Waals surface area (Å²) in [5.41, 5.74) is 1.86. The van der Waals surface area contributed by atoms with Gasteiger partial charge in [0.15, 0.2) is 13.0 Å². The quantitative estimate of drug-likeness (QED) is 0.737. The molecule has 0 saturated heterocycles. The molecule has 0 aliphatic carbocycles. The molecule has 0 atom stereocenters. The highest BCUT2D eigenvalue weighted by molar-refractivity contribution is 5.95. The van der Waals surface area contributed by atoms with Gasteiger partial charge in [-0.25, -0.2) is 0 Å². The van der Waals surface area contributed by atoms with Crippen molar-refractivity contribution in [1.29, 1.82) is 0 Å². The van der Waals surface area contributed by atoms with Gasteiger partial charge in [-0.05, 0) is 18.6 Å². The second kappa shape index (κ2) is 5.09. The monoisotopic (exact) mass is 261 g/mol. The van der Waals surface area contributed by atoms with Crippen LogP contribution in [0.3, 0.4) is 0 Å². The Balaban J connectivity index is 2.19. The lowest BCUT2D eigenvalue weighted by Crippen LogP contribution is -2.38. The first-order valence-electron chi connectivity index (χ1n) is 5.83. The number of carbonyl (C=O) groups excluding carboxylic acids is 1. The third kappa shape index (κ3) is 2.57. The number of benzene rings is 1. The zero-order valence-electron chi connectivity index (χ0n) is 11.1. The number of hydrogen-bond acceptors (Lipinski definition) is 4. The van der Waals surface area contributed by atoms with Crippen LogP contribution in [0.15, 0.2) is 28.8 Å². The number of rotatable bonds is 3. The summed E-state index contributed by atoms with van der Waals surface area (Å²) in [4.78, 5) is 13.7. The fraction of sp³-hybridized carbons (Fsp3) is 0.308. The van der Waals surface area contributed by atoms with Crippen LogP contribution in [0.25, 0.3) is 0 Å². The molecule has 6 heteroatoms. The Hall–Kier alpha value is -2.37. The first-order valence-corrected chi connectivity index (χ1v) is 5.83. The summed E-state index contributed by atoms with van der Waals surface area (Å²) < 4.78 is 5.86. The summed E-state index contributed by atoms with van der Waals surface area (Å²) in [6, 6.07) is 7.33. The lowest BCUT2D eigenvalue weighted by Gasteiger charge is -2.16. The van der Waals surface area contributed by atoms with Crippen molar-refractivity contribution in [3.63, 3.8) is 0 Å². The number of amides is 1. The zero-order valence-corrected chi connectivity index (χ0v) is 11.1. The minimum absolute atomic E-state index is 0.140. The van der Waals surface area contributed by atoms with Crippen molar-refractivity contribution < 1.29 is 19.1 Å². The van der Waals surface area contributed by atoms with Crippen LogP contribution in [0, 0.1) is 6.92 Å². The van der Waals surface area contributed by atoms with E-state index in [1.165, 1.54) is 9.58 Å². The SMILES string of the molecule is Cc1ccccc1C(=O)N(C)Cc1c([O-])on[n+]1C. The maximum Gasteiger partial charge on any atom is 0.254 e. The molecule has 0 saturated carbocycles. The van der Waals surface area contributed by atoms with E-state index in [1.807, 2.05) is 25.1 Å². The molecule has 0 N–H and O–H groups in total. The number of aromatic nitrogens is 2. The van der Waals surface area contributed by atoms with Gasteiger partial charge in [-0.1, -0.05) is 22.9 Å². The van der Waals surface area contributed by atoms with Gasteiger partial charge in [0.1, 0.15) is 6.54 Å². The molecule has 0 aliphatic rings. The third-order valence-corrected chi connectivity index (χ3v) is 2.98. The molecule has 6 nitrogen and oxygen atoms in total. The first kappa shape index (κ1) is 13.1. The lowest BCUT2D eigenvalue weighted by molar-refractivity contribution is -0.746. The molecule has 100 valence electrons. The second-order valence-corrected chi connectivity index (χ2v) is 4.41. The van der Waals surface area contributed by atoms with Crippen LogP contribution >= 0.6 is 0 Å². The highest BCUT2D eigenvalue weighted by Gasteiger charge is 2.20. The molecule has 0 bridgehead atoms. The van der Waals surface area contributed by atoms with Gasteiger partial charge < -0.3 is 14.5 Å². The average molecular weight is 261 g/mol. The third-order valence-electron chi connectivity index (χ3n) is 2.98. The normalized spacial score (nSPS) is 10.5. The molecular formula is C13H15N3O3. The fourth-order valence-electron chi connectivity index (χ4n) is 1.81. The van der Waals surface area contributed by atoms with Gasteiger partial charge in [-0.2, -0.15) is 0 Å². The standard InChI is InChI=1S/C13H15N3O3/c1-9-6-4-5-7-10(9)12(17)15(2)8-11-13(18)19-14-16(11)3/h4-7H,8H2,1-3H3. The molecule has 0 radical (unpaired) electrons. The molecule has 1 aromatic heterocycles. The molecule has 1 aromatic carbocycles. The minimum atomic E-state index is -0.521. The van der Waals surface area contributed by atoms with Gasteiger partial charge in [0.25, 0.3) is 11.6 Å². The smallest absolute Gasteiger partial charge is 0.254 e. The largest absolute Gasteiger partial charge is 0.539 e. The van der Waals surface area contributed by atoms with Crippen LogP contribution in [0.5, 0.6) is 5.95 Å². The van der Waals surface area contributed by atoms with Gasteiger partial charge in [-0.3, -0.25) is 4.79 Å². The maximum absolute atomic E-state index is 12.3. The molecule has 0 spiro atoms. The van der Waals surface area contributed by atoms with Gasteiger partial charge in [0.2, 0.25) is 0 Å². The van der Waals surface area contributed by atoms with Crippen LogP contribution in [0.4, 0.5) is 0 Å². The van der Waals surface area contributed by atoms with E-state index in [2.05, 4.69) is 9.79 Å². The Bertz CT molecular complexity index is 587. The predicted octanol–water partition coefficient (Wildman–Crippen LogP) is 0.153. The van der Waals surface area contributed by atoms with Gasteiger partial charge in [0.05, 0.1) is 5.27 Å². The summed E-state index contributed by atoms with van der Waals surface area (Å²) in [6.45, 7) is 2.03. The summed E-state index contributed by atoms with van der Waals surface area (Å²) in [6.07, 6.45) is 0. The van der Waals surface area contributed by atoms with E-state index in [0.29, 0.717) is 11.3 Å². The van der Waals surface area contributed by atoms with E-state index in [-0.39, 0.29) is 12.5 Å². The molecule has 0 fully saturated rings. The highest BCUT2D eigenvalue weighted by atomic mass is 16.6. The van der Waals surface area contributed by atoms with E-state index in [0.717, 1.165) is 5.56 Å². The maximum atomic E-state index is 12.3. The second-order valence-electron chi connectivity index (χ2n) is 4.41. The Labute approximate surface area is 110 Å². The zero-order chi connectivity index (χ0) is 14.0. The molecule has 2 rings (SSSR count). The number of hydrogen-bond donors (Lipinski definition) is 0. The summed E-state index contributed by atoms with van der Waals surface area (Å²) in [5.74, 6) is -0.661. The van der Waals surface area contributed by atoms with Gasteiger partial charge >= 0.3 is 0 Å². The van der Waals surface area contributed by atoms with Gasteiger partial charge in [-0.15, -0.1) is 0 Å². The van der Waals surface area contributed by atoms with Crippen molar-refractivity contribution in [3.05, 3.63) is 41.1 Å². The van der Waals surface area contributed by atoms with Crippen molar-refractivity contribution in [2.24, 2.45) is 7.05 Å². The topological polar surface area (TPSA) is 73.3 Å². The molecule has 0 unspecified atom stereocenters. The summed E-state index contributed by atoms with van der Waals surface area (Å²) in [5, 5.41) is 14.9. The number of nitrogens with zero attached hydrogens (tertiary/aromatic N) is 3. The van der Waals surface area contributed by atoms with Crippen LogP contribution in [-0.2, 0) is 13.6 Å². The van der Waals surface area contributed by atoms with Crippen molar-refractivity contribution in [2.45, 2.75) is 13.5 Å². The van der Waals surface area contributed by atoms with Crippen molar-refractivity contribution in [2.75, 3.05) is 7.05 Å². The van der Waals surface area contributed by atoms with E-state index in [4.69, 9.17) is 0 Å². The van der Waals surface area contributed by atoms with Gasteiger partial charge in [0, 0.05) is 12.6 Å². The van der Waals surface area contributed by atoms with Crippen LogP contribution in [0.1, 0.15) is 21.6 Å². The summed E-state index contributed by atoms with van der Waals surface area (Å²) >= 11 is 0. The van der Waals surface area contributed by atoms with Crippen molar-refractivity contribution in [3.8, 4) is 5.95 Å². The van der Waals surface area contributed by atoms with E-state index in [9.17, 15) is 9.90 Å². The van der Waals surface area contributed by atoms with Crippen LogP contribution in [-0.4, -0.2) is 23.1 Å². The molecule has 19 heavy (non-hydrogen) atoms. The van der Waals surface area contributed by atoms with Crippen molar-refractivity contribution >= 4 is 5.91 Å². The summed E-state index contributed by atoms with van der Waals surface area (Å²) in [7, 11) is 3.24. The predicted molar refractivity (Wildman–Crippen MR) is 64.1 cm³/mol. The fourth-order valence-corrected chi connectivity index (χ4v) is 1.81. The van der Waals surface area contributed by atoms with E-state index < -0.39 is 5.95 Å². The lowest BCUT2D eigenvalue weighted by atomic mass is 10.1. The molecule has 0 aliphatic heterocycles. The first-order chi connectivity index (χ1) is 9.00. The average Bonchev–Trinajstić information content (AvgIpc) is 2.70. The molecule has 2 aromatic rings. The molecular weight excluding hydrogens is 246 g/mol. The Kier molecular flexibility index (Phi) is 3.50. The molecule has 1 heterocycles. The van der Waals surface area contributed by atoms with E-state index in [1.54, 1.807) is 20.2 Å². The Morgan fingerprint density at radius 1 is 1.47 bits per heavy atom. The minimum Gasteiger partial charge on any atom is -0.539 e. The van der Waals surface area contributed by atoms with Crippen LogP contribution in [0.2, 0.25) is 0 Å². The van der Waals surface area contributed by atoms with E-state index >= 15 is 0 Å². The number of carbonyl (C=O) groups is 1. The van der Waals surface area contributed by atoms with Crippen LogP contribution < -0.4 is 9.79 Å². The molecule has 1 amide bonds.